The first kappa shape index (κ1) is 14.9. The number of carbonyl (C=O) groups is 1. The number of nitrogens with zero attached hydrogens (tertiary/aromatic N) is 1. The molecule has 0 aromatic carbocycles. The molecule has 3 N–H and O–H groups in total. The summed E-state index contributed by atoms with van der Waals surface area (Å²) in [5, 5.41) is 16.5. The fourth-order valence-electron chi connectivity index (χ4n) is 1.75. The Bertz CT molecular complexity index is 435. The Hall–Kier alpha value is -1.17. The second-order valence-electron chi connectivity index (χ2n) is 4.28. The van der Waals surface area contributed by atoms with Crippen LogP contribution in [0.2, 0.25) is 0 Å². The standard InChI is InChI=1S/C10H17N3O4S/c11-8-10(2-5-17-6-3-10)9(14)13-4-1-7-18(12,15)16/h1-7H2,(H,13,14)(H2,12,15,16). The van der Waals surface area contributed by atoms with Crippen LogP contribution in [0.25, 0.3) is 0 Å². The van der Waals surface area contributed by atoms with E-state index in [9.17, 15) is 13.2 Å². The van der Waals surface area contributed by atoms with Crippen LogP contribution < -0.4 is 10.5 Å². The van der Waals surface area contributed by atoms with Gasteiger partial charge in [0.05, 0.1) is 11.8 Å². The third-order valence-corrected chi connectivity index (χ3v) is 3.74. The van der Waals surface area contributed by atoms with Crippen LogP contribution in [0.15, 0.2) is 0 Å². The Balaban J connectivity index is 2.42. The first-order chi connectivity index (χ1) is 8.40. The van der Waals surface area contributed by atoms with Crippen molar-refractivity contribution < 1.29 is 17.9 Å². The summed E-state index contributed by atoms with van der Waals surface area (Å²) in [5.41, 5.74) is -1.04. The maximum atomic E-state index is 11.9. The second kappa shape index (κ2) is 6.13. The molecule has 7 nitrogen and oxygen atoms in total. The number of nitrogens with one attached hydrogen (secondary N) is 1. The zero-order valence-electron chi connectivity index (χ0n) is 10.0. The van der Waals surface area contributed by atoms with Crippen LogP contribution in [0.1, 0.15) is 19.3 Å². The summed E-state index contributed by atoms with van der Waals surface area (Å²) in [6, 6.07) is 2.04. The van der Waals surface area contributed by atoms with Gasteiger partial charge in [-0.1, -0.05) is 0 Å². The van der Waals surface area contributed by atoms with E-state index in [4.69, 9.17) is 15.1 Å². The minimum atomic E-state index is -3.50. The Kier molecular flexibility index (Phi) is 5.07. The monoisotopic (exact) mass is 275 g/mol. The Morgan fingerprint density at radius 2 is 2.06 bits per heavy atom. The quantitative estimate of drug-likeness (QED) is 0.630. The summed E-state index contributed by atoms with van der Waals surface area (Å²) in [6.45, 7) is 0.968. The second-order valence-corrected chi connectivity index (χ2v) is 6.02. The van der Waals surface area contributed by atoms with Crippen LogP contribution in [-0.2, 0) is 19.6 Å². The molecule has 0 aliphatic carbocycles. The van der Waals surface area contributed by atoms with Crippen LogP contribution in [0.4, 0.5) is 0 Å². The van der Waals surface area contributed by atoms with Gasteiger partial charge in [-0.2, -0.15) is 5.26 Å². The lowest BCUT2D eigenvalue weighted by Crippen LogP contribution is -2.44. The molecule has 1 aliphatic heterocycles. The summed E-state index contributed by atoms with van der Waals surface area (Å²) < 4.78 is 26.5. The fraction of sp³-hybridized carbons (Fsp3) is 0.800. The van der Waals surface area contributed by atoms with Crippen molar-refractivity contribution >= 4 is 15.9 Å². The van der Waals surface area contributed by atoms with E-state index >= 15 is 0 Å². The van der Waals surface area contributed by atoms with Gasteiger partial charge >= 0.3 is 0 Å². The SMILES string of the molecule is N#CC1(C(=O)NCCCS(N)(=O)=O)CCOCC1. The zero-order chi connectivity index (χ0) is 13.6. The highest BCUT2D eigenvalue weighted by atomic mass is 32.2. The number of hydrogen-bond acceptors (Lipinski definition) is 5. The number of hydrogen-bond donors (Lipinski definition) is 2. The average molecular weight is 275 g/mol. The first-order valence-electron chi connectivity index (χ1n) is 5.67. The lowest BCUT2D eigenvalue weighted by Gasteiger charge is -2.29. The van der Waals surface area contributed by atoms with Crippen molar-refractivity contribution in [2.24, 2.45) is 10.6 Å². The molecule has 1 amide bonds. The van der Waals surface area contributed by atoms with Crippen LogP contribution in [0, 0.1) is 16.7 Å². The minimum Gasteiger partial charge on any atom is -0.381 e. The third kappa shape index (κ3) is 4.25. The number of ether oxygens (including phenoxy) is 1. The number of rotatable bonds is 5. The van der Waals surface area contributed by atoms with E-state index in [-0.39, 0.29) is 24.6 Å². The topological polar surface area (TPSA) is 122 Å². The number of sulfonamides is 1. The molecule has 1 heterocycles. The van der Waals surface area contributed by atoms with Gasteiger partial charge in [0.25, 0.3) is 0 Å². The van der Waals surface area contributed by atoms with Crippen molar-refractivity contribution in [3.8, 4) is 6.07 Å². The van der Waals surface area contributed by atoms with Gasteiger partial charge in [-0.25, -0.2) is 13.6 Å². The van der Waals surface area contributed by atoms with Crippen molar-refractivity contribution in [3.63, 3.8) is 0 Å². The van der Waals surface area contributed by atoms with Crippen LogP contribution in [-0.4, -0.2) is 39.8 Å². The molecule has 0 spiro atoms. The van der Waals surface area contributed by atoms with Crippen molar-refractivity contribution in [3.05, 3.63) is 0 Å². The van der Waals surface area contributed by atoms with Crippen molar-refractivity contribution in [1.29, 1.82) is 5.26 Å². The fourth-order valence-corrected chi connectivity index (χ4v) is 2.30. The summed E-state index contributed by atoms with van der Waals surface area (Å²) in [5.74, 6) is -0.543. The van der Waals surface area contributed by atoms with E-state index in [0.717, 1.165) is 0 Å². The highest BCUT2D eigenvalue weighted by molar-refractivity contribution is 7.89. The van der Waals surface area contributed by atoms with Gasteiger partial charge in [-0.05, 0) is 19.3 Å². The molecular weight excluding hydrogens is 258 g/mol. The number of nitrogens with two attached hydrogens (primary N) is 1. The molecular formula is C10H17N3O4S. The highest BCUT2D eigenvalue weighted by Crippen LogP contribution is 2.29. The zero-order valence-corrected chi connectivity index (χ0v) is 10.8. The van der Waals surface area contributed by atoms with E-state index in [0.29, 0.717) is 26.1 Å². The molecule has 0 atom stereocenters. The Morgan fingerprint density at radius 1 is 1.44 bits per heavy atom. The van der Waals surface area contributed by atoms with Gasteiger partial charge in [-0.3, -0.25) is 4.79 Å². The van der Waals surface area contributed by atoms with Crippen LogP contribution in [0.3, 0.4) is 0 Å². The molecule has 102 valence electrons. The van der Waals surface area contributed by atoms with Crippen LogP contribution >= 0.6 is 0 Å². The normalized spacial score (nSPS) is 18.9. The number of nitriles is 1. The summed E-state index contributed by atoms with van der Waals surface area (Å²) in [4.78, 5) is 11.9. The predicted octanol–water partition coefficient (Wildman–Crippen LogP) is -0.898. The molecule has 0 saturated carbocycles. The molecule has 1 saturated heterocycles. The number of primary sulfonamides is 1. The number of amides is 1. The van der Waals surface area contributed by atoms with E-state index in [1.807, 2.05) is 6.07 Å². The van der Waals surface area contributed by atoms with Crippen molar-refractivity contribution in [1.82, 2.24) is 5.32 Å². The highest BCUT2D eigenvalue weighted by Gasteiger charge is 2.40. The molecule has 0 aromatic rings. The van der Waals surface area contributed by atoms with Gasteiger partial charge in [-0.15, -0.1) is 0 Å². The van der Waals surface area contributed by atoms with Gasteiger partial charge in [0.1, 0.15) is 5.41 Å². The van der Waals surface area contributed by atoms with Gasteiger partial charge in [0, 0.05) is 19.8 Å². The smallest absolute Gasteiger partial charge is 0.240 e. The first-order valence-corrected chi connectivity index (χ1v) is 7.39. The predicted molar refractivity (Wildman–Crippen MR) is 63.7 cm³/mol. The molecule has 0 unspecified atom stereocenters. The van der Waals surface area contributed by atoms with E-state index in [2.05, 4.69) is 5.32 Å². The number of carbonyl (C=O) groups excluding carboxylic acids is 1. The molecule has 8 heteroatoms. The summed E-state index contributed by atoms with van der Waals surface area (Å²) in [7, 11) is -3.50. The van der Waals surface area contributed by atoms with Crippen molar-refractivity contribution in [2.75, 3.05) is 25.5 Å². The summed E-state index contributed by atoms with van der Waals surface area (Å²) in [6.07, 6.45) is 0.970. The molecule has 18 heavy (non-hydrogen) atoms. The average Bonchev–Trinajstić information content (AvgIpc) is 2.34. The molecule has 0 bridgehead atoms. The molecule has 0 aromatic heterocycles. The van der Waals surface area contributed by atoms with E-state index < -0.39 is 15.4 Å². The van der Waals surface area contributed by atoms with Gasteiger partial charge in [0.2, 0.25) is 15.9 Å². The maximum Gasteiger partial charge on any atom is 0.240 e. The molecule has 1 fully saturated rings. The van der Waals surface area contributed by atoms with Gasteiger partial charge in [0.15, 0.2) is 0 Å². The minimum absolute atomic E-state index is 0.185. The lowest BCUT2D eigenvalue weighted by atomic mass is 9.81. The van der Waals surface area contributed by atoms with Crippen LogP contribution in [0.5, 0.6) is 0 Å². The maximum absolute atomic E-state index is 11.9. The summed E-state index contributed by atoms with van der Waals surface area (Å²) >= 11 is 0. The van der Waals surface area contributed by atoms with E-state index in [1.165, 1.54) is 0 Å². The Labute approximate surface area is 106 Å². The lowest BCUT2D eigenvalue weighted by molar-refractivity contribution is -0.132. The van der Waals surface area contributed by atoms with Crippen molar-refractivity contribution in [2.45, 2.75) is 19.3 Å². The largest absolute Gasteiger partial charge is 0.381 e. The molecule has 0 radical (unpaired) electrons. The van der Waals surface area contributed by atoms with E-state index in [1.54, 1.807) is 0 Å². The third-order valence-electron chi connectivity index (χ3n) is 2.89. The molecule has 1 aliphatic rings. The molecule has 1 rings (SSSR count). The Morgan fingerprint density at radius 3 is 2.56 bits per heavy atom. The van der Waals surface area contributed by atoms with Gasteiger partial charge < -0.3 is 10.1 Å².